The molecular weight excluding hydrogens is 276 g/mol. The van der Waals surface area contributed by atoms with Gasteiger partial charge in [0.25, 0.3) is 0 Å². The number of ether oxygens (including phenoxy) is 4. The molecule has 2 heterocycles. The maximum atomic E-state index is 11.8. The largest absolute Gasteiger partial charge is 0.493 e. The van der Waals surface area contributed by atoms with Crippen LogP contribution in [-0.2, 0) is 20.8 Å². The van der Waals surface area contributed by atoms with Crippen molar-refractivity contribution in [3.63, 3.8) is 0 Å². The molecule has 7 heteroatoms. The predicted molar refractivity (Wildman–Crippen MR) is 74.4 cm³/mol. The second-order valence-electron chi connectivity index (χ2n) is 4.58. The summed E-state index contributed by atoms with van der Waals surface area (Å²) in [7, 11) is 4.52. The minimum absolute atomic E-state index is 0.309. The summed E-state index contributed by atoms with van der Waals surface area (Å²) in [6.07, 6.45) is 1.66. The number of esters is 1. The molecule has 1 aliphatic rings. The summed E-state index contributed by atoms with van der Waals surface area (Å²) >= 11 is 0. The molecule has 0 spiro atoms. The van der Waals surface area contributed by atoms with E-state index in [0.29, 0.717) is 43.5 Å². The summed E-state index contributed by atoms with van der Waals surface area (Å²) in [6, 6.07) is 1.31. The van der Waals surface area contributed by atoms with Crippen LogP contribution in [0.1, 0.15) is 5.69 Å². The molecule has 0 bridgehead atoms. The van der Waals surface area contributed by atoms with Gasteiger partial charge in [0.05, 0.1) is 34.5 Å². The second kappa shape index (κ2) is 7.24. The quantitative estimate of drug-likeness (QED) is 0.732. The molecule has 21 heavy (non-hydrogen) atoms. The first kappa shape index (κ1) is 15.5. The van der Waals surface area contributed by atoms with Gasteiger partial charge in [-0.25, -0.2) is 0 Å². The van der Waals surface area contributed by atoms with Gasteiger partial charge in [0.1, 0.15) is 11.7 Å². The third-order valence-electron chi connectivity index (χ3n) is 3.43. The Kier molecular flexibility index (Phi) is 5.35. The number of aromatic nitrogens is 1. The Hall–Kier alpha value is -1.86. The third kappa shape index (κ3) is 3.43. The van der Waals surface area contributed by atoms with Crippen LogP contribution in [0.4, 0.5) is 0 Å². The molecule has 0 aromatic carbocycles. The van der Waals surface area contributed by atoms with Gasteiger partial charge in [0.15, 0.2) is 11.5 Å². The molecule has 7 nitrogen and oxygen atoms in total. The van der Waals surface area contributed by atoms with Crippen LogP contribution in [0.15, 0.2) is 12.3 Å². The molecule has 1 aliphatic heterocycles. The first-order valence-corrected chi connectivity index (χ1v) is 6.66. The molecule has 0 saturated carbocycles. The summed E-state index contributed by atoms with van der Waals surface area (Å²) in [5, 5.41) is 0. The topological polar surface area (TPSA) is 70.1 Å². The molecule has 1 aromatic rings. The van der Waals surface area contributed by atoms with Gasteiger partial charge in [0, 0.05) is 25.4 Å². The van der Waals surface area contributed by atoms with E-state index in [9.17, 15) is 4.79 Å². The lowest BCUT2D eigenvalue weighted by atomic mass is 10.2. The van der Waals surface area contributed by atoms with E-state index in [0.717, 1.165) is 0 Å². The van der Waals surface area contributed by atoms with E-state index < -0.39 is 6.04 Å². The van der Waals surface area contributed by atoms with E-state index in [2.05, 4.69) is 4.98 Å². The first-order valence-electron chi connectivity index (χ1n) is 6.66. The van der Waals surface area contributed by atoms with Crippen molar-refractivity contribution >= 4 is 5.97 Å². The smallest absolute Gasteiger partial charge is 0.325 e. The number of carbonyl (C=O) groups is 1. The summed E-state index contributed by atoms with van der Waals surface area (Å²) < 4.78 is 20.8. The van der Waals surface area contributed by atoms with Crippen molar-refractivity contribution in [3.8, 4) is 11.5 Å². The molecule has 1 aromatic heterocycles. The summed E-state index contributed by atoms with van der Waals surface area (Å²) in [5.74, 6) is 0.886. The van der Waals surface area contributed by atoms with Gasteiger partial charge in [-0.2, -0.15) is 0 Å². The number of morpholine rings is 1. The van der Waals surface area contributed by atoms with Gasteiger partial charge in [0.2, 0.25) is 0 Å². The molecular formula is C14H20N2O5. The predicted octanol–water partition coefficient (Wildman–Crippen LogP) is 0.473. The maximum absolute atomic E-state index is 11.8. The van der Waals surface area contributed by atoms with Crippen molar-refractivity contribution in [3.05, 3.63) is 18.0 Å². The van der Waals surface area contributed by atoms with E-state index in [1.165, 1.54) is 7.11 Å². The van der Waals surface area contributed by atoms with Gasteiger partial charge in [-0.15, -0.1) is 0 Å². The molecule has 2 rings (SSSR count). The van der Waals surface area contributed by atoms with Gasteiger partial charge in [-0.1, -0.05) is 0 Å². The van der Waals surface area contributed by atoms with Crippen LogP contribution in [0, 0.1) is 0 Å². The number of nitrogens with zero attached hydrogens (tertiary/aromatic N) is 2. The number of rotatable bonds is 5. The Bertz CT molecular complexity index is 494. The fraction of sp³-hybridized carbons (Fsp3) is 0.571. The van der Waals surface area contributed by atoms with Crippen molar-refractivity contribution < 1.29 is 23.7 Å². The minimum atomic E-state index is -0.429. The monoisotopic (exact) mass is 296 g/mol. The Labute approximate surface area is 123 Å². The molecule has 1 atom stereocenters. The van der Waals surface area contributed by atoms with Crippen LogP contribution < -0.4 is 9.47 Å². The highest BCUT2D eigenvalue weighted by Gasteiger charge is 2.31. The van der Waals surface area contributed by atoms with Gasteiger partial charge in [-0.3, -0.25) is 14.7 Å². The van der Waals surface area contributed by atoms with Crippen LogP contribution >= 0.6 is 0 Å². The summed E-state index contributed by atoms with van der Waals surface area (Å²) in [6.45, 7) is 1.98. The lowest BCUT2D eigenvalue weighted by Crippen LogP contribution is -2.49. The maximum Gasteiger partial charge on any atom is 0.325 e. The van der Waals surface area contributed by atoms with Crippen LogP contribution in [0.3, 0.4) is 0 Å². The van der Waals surface area contributed by atoms with E-state index in [-0.39, 0.29) is 5.97 Å². The molecule has 0 N–H and O–H groups in total. The molecule has 116 valence electrons. The van der Waals surface area contributed by atoms with Crippen molar-refractivity contribution in [2.24, 2.45) is 0 Å². The second-order valence-corrected chi connectivity index (χ2v) is 4.58. The summed E-state index contributed by atoms with van der Waals surface area (Å²) in [5.41, 5.74) is 0.715. The zero-order valence-electron chi connectivity index (χ0n) is 12.5. The zero-order valence-corrected chi connectivity index (χ0v) is 12.5. The molecule has 0 aliphatic carbocycles. The van der Waals surface area contributed by atoms with Crippen LogP contribution in [0.25, 0.3) is 0 Å². The van der Waals surface area contributed by atoms with E-state index >= 15 is 0 Å². The molecule has 1 fully saturated rings. The minimum Gasteiger partial charge on any atom is -0.493 e. The highest BCUT2D eigenvalue weighted by atomic mass is 16.5. The average molecular weight is 296 g/mol. The lowest BCUT2D eigenvalue weighted by molar-refractivity contribution is -0.153. The SMILES string of the molecule is COC(=O)C1COCCN1Cc1nccc(OC)c1OC. The van der Waals surface area contributed by atoms with Crippen LogP contribution in [0.5, 0.6) is 11.5 Å². The van der Waals surface area contributed by atoms with E-state index in [1.807, 2.05) is 4.90 Å². The van der Waals surface area contributed by atoms with E-state index in [1.54, 1.807) is 26.5 Å². The Balaban J connectivity index is 2.21. The first-order chi connectivity index (χ1) is 10.2. The third-order valence-corrected chi connectivity index (χ3v) is 3.43. The number of hydrogen-bond acceptors (Lipinski definition) is 7. The summed E-state index contributed by atoms with van der Waals surface area (Å²) in [4.78, 5) is 18.1. The van der Waals surface area contributed by atoms with Crippen molar-refractivity contribution in [1.29, 1.82) is 0 Å². The zero-order chi connectivity index (χ0) is 15.2. The fourth-order valence-corrected chi connectivity index (χ4v) is 2.34. The number of carbonyl (C=O) groups excluding carboxylic acids is 1. The standard InChI is InChI=1S/C14H20N2O5/c1-18-12-4-5-15-10(13(12)19-2)8-16-6-7-21-9-11(16)14(17)20-3/h4-5,11H,6-9H2,1-3H3. The van der Waals surface area contributed by atoms with Crippen molar-refractivity contribution in [2.75, 3.05) is 41.1 Å². The Morgan fingerprint density at radius 3 is 2.90 bits per heavy atom. The lowest BCUT2D eigenvalue weighted by Gasteiger charge is -2.33. The van der Waals surface area contributed by atoms with Crippen LogP contribution in [0.2, 0.25) is 0 Å². The van der Waals surface area contributed by atoms with Crippen LogP contribution in [-0.4, -0.2) is 63.0 Å². The van der Waals surface area contributed by atoms with Gasteiger partial charge >= 0.3 is 5.97 Å². The molecule has 0 amide bonds. The molecule has 0 radical (unpaired) electrons. The highest BCUT2D eigenvalue weighted by molar-refractivity contribution is 5.75. The number of hydrogen-bond donors (Lipinski definition) is 0. The van der Waals surface area contributed by atoms with Gasteiger partial charge < -0.3 is 18.9 Å². The number of pyridine rings is 1. The fourth-order valence-electron chi connectivity index (χ4n) is 2.34. The van der Waals surface area contributed by atoms with Gasteiger partial charge in [-0.05, 0) is 0 Å². The highest BCUT2D eigenvalue weighted by Crippen LogP contribution is 2.30. The van der Waals surface area contributed by atoms with E-state index in [4.69, 9.17) is 18.9 Å². The van der Waals surface area contributed by atoms with Crippen molar-refractivity contribution in [1.82, 2.24) is 9.88 Å². The van der Waals surface area contributed by atoms with Crippen molar-refractivity contribution in [2.45, 2.75) is 12.6 Å². The Morgan fingerprint density at radius 2 is 2.24 bits per heavy atom. The Morgan fingerprint density at radius 1 is 1.43 bits per heavy atom. The molecule has 1 unspecified atom stereocenters. The average Bonchev–Trinajstić information content (AvgIpc) is 2.54. The number of methoxy groups -OCH3 is 3. The molecule has 1 saturated heterocycles. The normalized spacial score (nSPS) is 19.1.